The van der Waals surface area contributed by atoms with Crippen LogP contribution < -0.4 is 5.32 Å². The standard InChI is InChI=1S/C15H24N2O2/c1-5-11(3)9-12(4)17-14-8-7-13(10-16-14)15(18)19-6-2/h7-8,10-12H,5-6,9H2,1-4H3,(H,16,17). The van der Waals surface area contributed by atoms with Crippen LogP contribution in [0.2, 0.25) is 0 Å². The first-order chi connectivity index (χ1) is 9.06. The Morgan fingerprint density at radius 1 is 1.37 bits per heavy atom. The highest BCUT2D eigenvalue weighted by molar-refractivity contribution is 5.89. The van der Waals surface area contributed by atoms with E-state index in [-0.39, 0.29) is 5.97 Å². The predicted molar refractivity (Wildman–Crippen MR) is 77.4 cm³/mol. The maximum absolute atomic E-state index is 11.5. The number of esters is 1. The van der Waals surface area contributed by atoms with Crippen LogP contribution in [0.25, 0.3) is 0 Å². The molecule has 0 amide bonds. The smallest absolute Gasteiger partial charge is 0.339 e. The number of ether oxygens (including phenoxy) is 1. The second-order valence-corrected chi connectivity index (χ2v) is 4.95. The van der Waals surface area contributed by atoms with Crippen molar-refractivity contribution in [3.05, 3.63) is 23.9 Å². The van der Waals surface area contributed by atoms with E-state index < -0.39 is 0 Å². The third-order valence-corrected chi connectivity index (χ3v) is 3.12. The van der Waals surface area contributed by atoms with E-state index in [1.165, 1.54) is 6.42 Å². The van der Waals surface area contributed by atoms with Gasteiger partial charge in [0.05, 0.1) is 12.2 Å². The molecule has 1 rings (SSSR count). The number of hydrogen-bond acceptors (Lipinski definition) is 4. The summed E-state index contributed by atoms with van der Waals surface area (Å²) < 4.78 is 4.92. The fraction of sp³-hybridized carbons (Fsp3) is 0.600. The van der Waals surface area contributed by atoms with Crippen LogP contribution >= 0.6 is 0 Å². The van der Waals surface area contributed by atoms with E-state index in [1.54, 1.807) is 19.2 Å². The summed E-state index contributed by atoms with van der Waals surface area (Å²) in [5, 5.41) is 3.34. The minimum absolute atomic E-state index is 0.325. The van der Waals surface area contributed by atoms with E-state index in [9.17, 15) is 4.79 Å². The quantitative estimate of drug-likeness (QED) is 0.766. The molecular formula is C15H24N2O2. The normalized spacial score (nSPS) is 13.7. The van der Waals surface area contributed by atoms with Gasteiger partial charge in [-0.15, -0.1) is 0 Å². The van der Waals surface area contributed by atoms with Crippen LogP contribution in [0.1, 0.15) is 50.9 Å². The van der Waals surface area contributed by atoms with Crippen LogP contribution in [0, 0.1) is 5.92 Å². The van der Waals surface area contributed by atoms with E-state index >= 15 is 0 Å². The highest BCUT2D eigenvalue weighted by Gasteiger charge is 2.09. The molecule has 0 saturated carbocycles. The van der Waals surface area contributed by atoms with Crippen LogP contribution in [0.3, 0.4) is 0 Å². The average molecular weight is 264 g/mol. The largest absolute Gasteiger partial charge is 0.462 e. The highest BCUT2D eigenvalue weighted by atomic mass is 16.5. The van der Waals surface area contributed by atoms with Gasteiger partial charge in [-0.25, -0.2) is 9.78 Å². The van der Waals surface area contributed by atoms with E-state index in [4.69, 9.17) is 4.74 Å². The number of hydrogen-bond donors (Lipinski definition) is 1. The van der Waals surface area contributed by atoms with E-state index in [0.717, 1.165) is 12.2 Å². The Hall–Kier alpha value is -1.58. The van der Waals surface area contributed by atoms with Gasteiger partial charge in [0.15, 0.2) is 0 Å². The Kier molecular flexibility index (Phi) is 6.33. The van der Waals surface area contributed by atoms with Crippen molar-refractivity contribution in [1.82, 2.24) is 4.98 Å². The molecule has 0 fully saturated rings. The Bertz CT molecular complexity index is 390. The molecule has 0 saturated heterocycles. The maximum atomic E-state index is 11.5. The molecule has 4 nitrogen and oxygen atoms in total. The molecule has 4 heteroatoms. The Labute approximate surface area is 115 Å². The number of carbonyl (C=O) groups is 1. The van der Waals surface area contributed by atoms with Crippen molar-refractivity contribution in [3.8, 4) is 0 Å². The van der Waals surface area contributed by atoms with Gasteiger partial charge in [-0.3, -0.25) is 0 Å². The molecule has 0 spiro atoms. The number of nitrogens with one attached hydrogen (secondary N) is 1. The monoisotopic (exact) mass is 264 g/mol. The Balaban J connectivity index is 2.54. The van der Waals surface area contributed by atoms with Crippen molar-refractivity contribution >= 4 is 11.8 Å². The number of aromatic nitrogens is 1. The predicted octanol–water partition coefficient (Wildman–Crippen LogP) is 3.49. The lowest BCUT2D eigenvalue weighted by molar-refractivity contribution is 0.0526. The SMILES string of the molecule is CCOC(=O)c1ccc(NC(C)CC(C)CC)nc1. The molecule has 2 unspecified atom stereocenters. The molecule has 0 radical (unpaired) electrons. The second-order valence-electron chi connectivity index (χ2n) is 4.95. The first kappa shape index (κ1) is 15.5. The first-order valence-electron chi connectivity index (χ1n) is 6.96. The van der Waals surface area contributed by atoms with E-state index in [1.807, 2.05) is 6.07 Å². The summed E-state index contributed by atoms with van der Waals surface area (Å²) in [6.07, 6.45) is 3.84. The number of rotatable bonds is 7. The molecule has 1 N–H and O–H groups in total. The molecule has 2 atom stereocenters. The van der Waals surface area contributed by atoms with Crippen LogP contribution in [0.4, 0.5) is 5.82 Å². The van der Waals surface area contributed by atoms with Gasteiger partial charge in [0, 0.05) is 12.2 Å². The van der Waals surface area contributed by atoms with Gasteiger partial charge in [-0.05, 0) is 38.3 Å². The zero-order valence-electron chi connectivity index (χ0n) is 12.3. The molecular weight excluding hydrogens is 240 g/mol. The Morgan fingerprint density at radius 2 is 2.11 bits per heavy atom. The average Bonchev–Trinajstić information content (AvgIpc) is 2.39. The van der Waals surface area contributed by atoms with Crippen LogP contribution in [-0.4, -0.2) is 23.6 Å². The number of nitrogens with zero attached hydrogens (tertiary/aromatic N) is 1. The maximum Gasteiger partial charge on any atom is 0.339 e. The molecule has 0 aliphatic rings. The Morgan fingerprint density at radius 3 is 2.63 bits per heavy atom. The van der Waals surface area contributed by atoms with Crippen molar-refractivity contribution in [2.24, 2.45) is 5.92 Å². The lowest BCUT2D eigenvalue weighted by Gasteiger charge is -2.18. The van der Waals surface area contributed by atoms with Gasteiger partial charge in [0.2, 0.25) is 0 Å². The summed E-state index contributed by atoms with van der Waals surface area (Å²) >= 11 is 0. The minimum Gasteiger partial charge on any atom is -0.462 e. The topological polar surface area (TPSA) is 51.2 Å². The number of anilines is 1. The molecule has 0 aliphatic heterocycles. The number of pyridine rings is 1. The van der Waals surface area contributed by atoms with Crippen molar-refractivity contribution in [3.63, 3.8) is 0 Å². The third-order valence-electron chi connectivity index (χ3n) is 3.12. The van der Waals surface area contributed by atoms with Crippen LogP contribution in [0.5, 0.6) is 0 Å². The zero-order valence-corrected chi connectivity index (χ0v) is 12.3. The highest BCUT2D eigenvalue weighted by Crippen LogP contribution is 2.14. The summed E-state index contributed by atoms with van der Waals surface area (Å²) in [5.41, 5.74) is 0.488. The van der Waals surface area contributed by atoms with Gasteiger partial charge in [-0.1, -0.05) is 20.3 Å². The van der Waals surface area contributed by atoms with Crippen LogP contribution in [0.15, 0.2) is 18.3 Å². The van der Waals surface area contributed by atoms with Crippen molar-refractivity contribution in [2.45, 2.75) is 46.6 Å². The molecule has 0 aliphatic carbocycles. The van der Waals surface area contributed by atoms with Crippen LogP contribution in [-0.2, 0) is 4.74 Å². The fourth-order valence-corrected chi connectivity index (χ4v) is 1.90. The summed E-state index contributed by atoms with van der Waals surface area (Å²) in [6, 6.07) is 3.93. The van der Waals surface area contributed by atoms with Crippen molar-refractivity contribution in [2.75, 3.05) is 11.9 Å². The molecule has 19 heavy (non-hydrogen) atoms. The third kappa shape index (κ3) is 5.28. The van der Waals surface area contributed by atoms with Crippen molar-refractivity contribution in [1.29, 1.82) is 0 Å². The van der Waals surface area contributed by atoms with Gasteiger partial charge in [0.25, 0.3) is 0 Å². The van der Waals surface area contributed by atoms with Gasteiger partial charge >= 0.3 is 5.97 Å². The fourth-order valence-electron chi connectivity index (χ4n) is 1.90. The minimum atomic E-state index is -0.325. The number of carbonyl (C=O) groups excluding carboxylic acids is 1. The van der Waals surface area contributed by atoms with E-state index in [0.29, 0.717) is 24.1 Å². The lowest BCUT2D eigenvalue weighted by Crippen LogP contribution is -2.19. The summed E-state index contributed by atoms with van der Waals surface area (Å²) in [5.74, 6) is 1.17. The van der Waals surface area contributed by atoms with Gasteiger partial charge in [0.1, 0.15) is 5.82 Å². The molecule has 0 bridgehead atoms. The zero-order chi connectivity index (χ0) is 14.3. The summed E-state index contributed by atoms with van der Waals surface area (Å²) in [7, 11) is 0. The lowest BCUT2D eigenvalue weighted by atomic mass is 10.0. The van der Waals surface area contributed by atoms with Crippen molar-refractivity contribution < 1.29 is 9.53 Å². The molecule has 1 heterocycles. The molecule has 1 aromatic heterocycles. The van der Waals surface area contributed by atoms with E-state index in [2.05, 4.69) is 31.1 Å². The summed E-state index contributed by atoms with van der Waals surface area (Å²) in [4.78, 5) is 15.7. The second kappa shape index (κ2) is 7.77. The first-order valence-corrected chi connectivity index (χ1v) is 6.96. The van der Waals surface area contributed by atoms with Gasteiger partial charge in [-0.2, -0.15) is 0 Å². The summed E-state index contributed by atoms with van der Waals surface area (Å²) in [6.45, 7) is 8.76. The molecule has 1 aromatic rings. The molecule has 0 aromatic carbocycles. The molecule has 106 valence electrons. The van der Waals surface area contributed by atoms with Gasteiger partial charge < -0.3 is 10.1 Å².